The van der Waals surface area contributed by atoms with Crippen molar-refractivity contribution in [2.75, 3.05) is 0 Å². The molecule has 0 aromatic rings. The van der Waals surface area contributed by atoms with E-state index >= 15 is 0 Å². The second-order valence-corrected chi connectivity index (χ2v) is 3.52. The maximum Gasteiger partial charge on any atom is 0.138 e. The van der Waals surface area contributed by atoms with E-state index in [1.54, 1.807) is 0 Å². The van der Waals surface area contributed by atoms with Crippen LogP contribution in [-0.2, 0) is 4.79 Å². The Balaban J connectivity index is 2.33. The second-order valence-electron chi connectivity index (χ2n) is 3.52. The number of nitrogens with zero attached hydrogens (tertiary/aromatic N) is 1. The Labute approximate surface area is 67.2 Å². The average Bonchev–Trinajstić information content (AvgIpc) is 2.67. The van der Waals surface area contributed by atoms with Crippen molar-refractivity contribution in [3.05, 3.63) is 0 Å². The minimum Gasteiger partial charge on any atom is -0.299 e. The summed E-state index contributed by atoms with van der Waals surface area (Å²) in [5.41, 5.74) is 0. The molecule has 2 heteroatoms. The van der Waals surface area contributed by atoms with Crippen molar-refractivity contribution in [1.29, 1.82) is 5.26 Å². The van der Waals surface area contributed by atoms with Gasteiger partial charge in [-0.1, -0.05) is 13.8 Å². The quantitative estimate of drug-likeness (QED) is 0.616. The van der Waals surface area contributed by atoms with Gasteiger partial charge in [0.05, 0.1) is 6.07 Å². The molecule has 0 heterocycles. The Morgan fingerprint density at radius 2 is 2.36 bits per heavy atom. The van der Waals surface area contributed by atoms with Crippen molar-refractivity contribution in [2.45, 2.75) is 26.7 Å². The maximum atomic E-state index is 11.3. The largest absolute Gasteiger partial charge is 0.299 e. The molecule has 0 saturated heterocycles. The lowest BCUT2D eigenvalue weighted by Crippen LogP contribution is -2.10. The lowest BCUT2D eigenvalue weighted by molar-refractivity contribution is -0.123. The molecule has 0 aromatic carbocycles. The standard InChI is InChI=1S/C9H13NO/c1-6(2)9(11)8-5-7(8)3-4-10/h6-8H,3,5H2,1-2H3. The van der Waals surface area contributed by atoms with E-state index in [9.17, 15) is 4.79 Å². The van der Waals surface area contributed by atoms with E-state index in [4.69, 9.17) is 5.26 Å². The topological polar surface area (TPSA) is 40.9 Å². The Morgan fingerprint density at radius 3 is 2.82 bits per heavy atom. The first kappa shape index (κ1) is 8.26. The molecule has 0 N–H and O–H groups in total. The molecule has 0 spiro atoms. The maximum absolute atomic E-state index is 11.3. The molecule has 1 rings (SSSR count). The first-order valence-electron chi connectivity index (χ1n) is 4.07. The molecule has 0 aromatic heterocycles. The Bertz CT molecular complexity index is 202. The van der Waals surface area contributed by atoms with E-state index in [0.717, 1.165) is 6.42 Å². The minimum atomic E-state index is 0.142. The molecule has 0 aliphatic heterocycles. The lowest BCUT2D eigenvalue weighted by Gasteiger charge is -2.00. The highest BCUT2D eigenvalue weighted by molar-refractivity contribution is 5.85. The fourth-order valence-corrected chi connectivity index (χ4v) is 1.37. The normalized spacial score (nSPS) is 28.2. The third-order valence-electron chi connectivity index (χ3n) is 2.21. The third-order valence-corrected chi connectivity index (χ3v) is 2.21. The molecule has 1 saturated carbocycles. The van der Waals surface area contributed by atoms with Gasteiger partial charge in [0.15, 0.2) is 0 Å². The van der Waals surface area contributed by atoms with Gasteiger partial charge in [0, 0.05) is 18.3 Å². The number of Topliss-reactive ketones (excluding diaryl/α,β-unsaturated/α-hetero) is 1. The molecule has 1 aliphatic rings. The Morgan fingerprint density at radius 1 is 1.73 bits per heavy atom. The van der Waals surface area contributed by atoms with Gasteiger partial charge in [-0.2, -0.15) is 5.26 Å². The molecule has 0 amide bonds. The summed E-state index contributed by atoms with van der Waals surface area (Å²) < 4.78 is 0. The van der Waals surface area contributed by atoms with Gasteiger partial charge in [0.25, 0.3) is 0 Å². The summed E-state index contributed by atoms with van der Waals surface area (Å²) >= 11 is 0. The number of hydrogen-bond acceptors (Lipinski definition) is 2. The summed E-state index contributed by atoms with van der Waals surface area (Å²) in [6.45, 7) is 3.84. The van der Waals surface area contributed by atoms with Crippen LogP contribution in [0.15, 0.2) is 0 Å². The van der Waals surface area contributed by atoms with Crippen LogP contribution >= 0.6 is 0 Å². The van der Waals surface area contributed by atoms with Gasteiger partial charge in [0.2, 0.25) is 0 Å². The summed E-state index contributed by atoms with van der Waals surface area (Å²) in [5.74, 6) is 1.08. The van der Waals surface area contributed by atoms with E-state index in [1.165, 1.54) is 0 Å². The molecular weight excluding hydrogens is 138 g/mol. The Kier molecular flexibility index (Phi) is 2.28. The summed E-state index contributed by atoms with van der Waals surface area (Å²) in [6, 6.07) is 2.10. The van der Waals surface area contributed by atoms with Gasteiger partial charge < -0.3 is 0 Å². The first-order chi connectivity index (χ1) is 5.16. The van der Waals surface area contributed by atoms with E-state index < -0.39 is 0 Å². The highest BCUT2D eigenvalue weighted by atomic mass is 16.1. The fraction of sp³-hybridized carbons (Fsp3) is 0.778. The molecule has 60 valence electrons. The van der Waals surface area contributed by atoms with Crippen LogP contribution in [0.25, 0.3) is 0 Å². The van der Waals surface area contributed by atoms with Crippen LogP contribution in [0.1, 0.15) is 26.7 Å². The molecule has 2 nitrogen and oxygen atoms in total. The van der Waals surface area contributed by atoms with E-state index in [1.807, 2.05) is 13.8 Å². The molecule has 1 aliphatic carbocycles. The summed E-state index contributed by atoms with van der Waals surface area (Å²) in [5, 5.41) is 8.35. The van der Waals surface area contributed by atoms with Crippen LogP contribution in [0.3, 0.4) is 0 Å². The van der Waals surface area contributed by atoms with Crippen molar-refractivity contribution in [2.24, 2.45) is 17.8 Å². The molecule has 2 atom stereocenters. The first-order valence-corrected chi connectivity index (χ1v) is 4.07. The minimum absolute atomic E-state index is 0.142. The Hall–Kier alpha value is -0.840. The van der Waals surface area contributed by atoms with Gasteiger partial charge in [-0.25, -0.2) is 0 Å². The molecule has 2 unspecified atom stereocenters. The van der Waals surface area contributed by atoms with Crippen molar-refractivity contribution in [1.82, 2.24) is 0 Å². The zero-order valence-electron chi connectivity index (χ0n) is 7.00. The summed E-state index contributed by atoms with van der Waals surface area (Å²) in [7, 11) is 0. The number of carbonyl (C=O) groups excluding carboxylic acids is 1. The zero-order chi connectivity index (χ0) is 8.43. The molecule has 0 bridgehead atoms. The van der Waals surface area contributed by atoms with Crippen molar-refractivity contribution < 1.29 is 4.79 Å². The van der Waals surface area contributed by atoms with Crippen LogP contribution < -0.4 is 0 Å². The number of rotatable bonds is 3. The number of hydrogen-bond donors (Lipinski definition) is 0. The smallest absolute Gasteiger partial charge is 0.138 e. The van der Waals surface area contributed by atoms with Crippen LogP contribution in [-0.4, -0.2) is 5.78 Å². The highest BCUT2D eigenvalue weighted by Gasteiger charge is 2.42. The van der Waals surface area contributed by atoms with Gasteiger partial charge in [-0.3, -0.25) is 4.79 Å². The lowest BCUT2D eigenvalue weighted by atomic mass is 10.0. The molecule has 11 heavy (non-hydrogen) atoms. The monoisotopic (exact) mass is 151 g/mol. The van der Waals surface area contributed by atoms with Crippen LogP contribution in [0.5, 0.6) is 0 Å². The molecular formula is C9H13NO. The predicted octanol–water partition coefficient (Wildman–Crippen LogP) is 1.76. The predicted molar refractivity (Wildman–Crippen MR) is 41.7 cm³/mol. The average molecular weight is 151 g/mol. The number of nitriles is 1. The number of ketones is 1. The fourth-order valence-electron chi connectivity index (χ4n) is 1.37. The third kappa shape index (κ3) is 1.80. The van der Waals surface area contributed by atoms with Crippen molar-refractivity contribution in [3.63, 3.8) is 0 Å². The van der Waals surface area contributed by atoms with Gasteiger partial charge in [-0.05, 0) is 12.3 Å². The summed E-state index contributed by atoms with van der Waals surface area (Å²) in [4.78, 5) is 11.3. The van der Waals surface area contributed by atoms with Crippen LogP contribution in [0.4, 0.5) is 0 Å². The summed E-state index contributed by atoms with van der Waals surface area (Å²) in [6.07, 6.45) is 1.51. The van der Waals surface area contributed by atoms with E-state index in [-0.39, 0.29) is 11.8 Å². The van der Waals surface area contributed by atoms with Crippen molar-refractivity contribution >= 4 is 5.78 Å². The van der Waals surface area contributed by atoms with Crippen LogP contribution in [0.2, 0.25) is 0 Å². The number of carbonyl (C=O) groups is 1. The van der Waals surface area contributed by atoms with Gasteiger partial charge in [-0.15, -0.1) is 0 Å². The molecule has 0 radical (unpaired) electrons. The van der Waals surface area contributed by atoms with E-state index in [0.29, 0.717) is 18.1 Å². The second kappa shape index (κ2) is 3.04. The van der Waals surface area contributed by atoms with E-state index in [2.05, 4.69) is 6.07 Å². The highest BCUT2D eigenvalue weighted by Crippen LogP contribution is 2.42. The van der Waals surface area contributed by atoms with Crippen molar-refractivity contribution in [3.8, 4) is 6.07 Å². The van der Waals surface area contributed by atoms with Crippen LogP contribution in [0, 0.1) is 29.1 Å². The molecule has 1 fully saturated rings. The van der Waals surface area contributed by atoms with Gasteiger partial charge in [0.1, 0.15) is 5.78 Å². The zero-order valence-corrected chi connectivity index (χ0v) is 7.00. The SMILES string of the molecule is CC(C)C(=O)C1CC1CC#N. The van der Waals surface area contributed by atoms with Gasteiger partial charge >= 0.3 is 0 Å².